The van der Waals surface area contributed by atoms with Crippen molar-refractivity contribution >= 4 is 28.2 Å². The molecule has 2 aromatic heterocycles. The number of H-pyrrole nitrogens is 1. The Balaban J connectivity index is 0.869. The van der Waals surface area contributed by atoms with E-state index < -0.39 is 0 Å². The Morgan fingerprint density at radius 3 is 2.64 bits per heavy atom. The molecule has 3 aliphatic rings. The molecule has 2 bridgehead atoms. The normalized spacial score (nSPS) is 19.9. The third-order valence-corrected chi connectivity index (χ3v) is 11.3. The molecule has 3 aromatic carbocycles. The number of allylic oxidation sites excluding steroid dienone is 2. The maximum Gasteiger partial charge on any atom is 0.214 e. The molecular weight excluding hydrogens is 644 g/mol. The van der Waals surface area contributed by atoms with Crippen LogP contribution in [0.25, 0.3) is 10.9 Å². The van der Waals surface area contributed by atoms with E-state index in [0.717, 1.165) is 103 Å². The number of benzene rings is 3. The second-order valence-corrected chi connectivity index (χ2v) is 14.7. The van der Waals surface area contributed by atoms with E-state index in [9.17, 15) is 0 Å². The van der Waals surface area contributed by atoms with Gasteiger partial charge in [0.05, 0.1) is 37.0 Å². The number of fused-ring (bicyclic) bond motifs is 6. The monoisotopic (exact) mass is 689 g/mol. The highest BCUT2D eigenvalue weighted by atomic mass is 35.5. The standard InChI is InChI=1S/C41H45ClN6O2/c1-49-37-22-29-13-16-47(41(28-9-4-3-5-10-28)34(29)24-38(37)50-2)17-14-32-25-48(46-45-32)15-7-6-8-26-18-27-20-30(19-26)39-36(21-27)44-35-23-31(42)11-12-33(35)40(39)43/h3-5,9-12,18,22-25,27,30,41H,6-8,13-17,19-21H2,1-2H3,(H2,43,44)/p+1. The quantitative estimate of drug-likeness (QED) is 0.114. The van der Waals surface area contributed by atoms with Gasteiger partial charge < -0.3 is 15.2 Å². The number of rotatable bonds is 11. The van der Waals surface area contributed by atoms with E-state index in [2.05, 4.69) is 81.0 Å². The molecule has 3 atom stereocenters. The second kappa shape index (κ2) is 14.1. The molecule has 3 N–H and O–H groups in total. The SMILES string of the molecule is COc1cc2c(cc1OC)C(c1ccccc1)N(CCc1cn(CCCCC3=CC4Cc5[nH+]c6cc(Cl)ccc6c(N)c5C(C3)C4)nn1)CC2. The Morgan fingerprint density at radius 1 is 0.960 bits per heavy atom. The van der Waals surface area contributed by atoms with Gasteiger partial charge in [0.25, 0.3) is 0 Å². The summed E-state index contributed by atoms with van der Waals surface area (Å²) in [7, 11) is 3.41. The number of pyridine rings is 1. The third-order valence-electron chi connectivity index (χ3n) is 11.1. The molecule has 0 radical (unpaired) electrons. The molecule has 8 nitrogen and oxygen atoms in total. The van der Waals surface area contributed by atoms with Crippen molar-refractivity contribution in [2.24, 2.45) is 5.92 Å². The number of nitrogen functional groups attached to an aromatic ring is 1. The Morgan fingerprint density at radius 2 is 1.80 bits per heavy atom. The van der Waals surface area contributed by atoms with Crippen LogP contribution in [0, 0.1) is 5.92 Å². The molecule has 0 amide bonds. The summed E-state index contributed by atoms with van der Waals surface area (Å²) in [6.45, 7) is 2.75. The minimum absolute atomic E-state index is 0.143. The first-order chi connectivity index (χ1) is 24.5. The second-order valence-electron chi connectivity index (χ2n) is 14.2. The van der Waals surface area contributed by atoms with Crippen molar-refractivity contribution in [1.29, 1.82) is 0 Å². The van der Waals surface area contributed by atoms with Crippen LogP contribution in [0.1, 0.15) is 77.7 Å². The zero-order valence-corrected chi connectivity index (χ0v) is 29.8. The van der Waals surface area contributed by atoms with E-state index >= 15 is 0 Å². The fourth-order valence-corrected chi connectivity index (χ4v) is 8.95. The number of nitrogens with one attached hydrogen (secondary N) is 1. The Hall–Kier alpha value is -4.40. The lowest BCUT2D eigenvalue weighted by atomic mass is 9.70. The molecule has 0 spiro atoms. The molecule has 50 heavy (non-hydrogen) atoms. The van der Waals surface area contributed by atoms with Crippen molar-refractivity contribution in [3.63, 3.8) is 0 Å². The predicted molar refractivity (Wildman–Crippen MR) is 198 cm³/mol. The number of nitrogens with zero attached hydrogens (tertiary/aromatic N) is 4. The molecule has 0 saturated carbocycles. The topological polar surface area (TPSA) is 92.6 Å². The van der Waals surface area contributed by atoms with Crippen LogP contribution in [0.2, 0.25) is 5.02 Å². The maximum atomic E-state index is 6.79. The van der Waals surface area contributed by atoms with Crippen molar-refractivity contribution in [3.05, 3.63) is 117 Å². The number of halogens is 1. The van der Waals surface area contributed by atoms with Crippen LogP contribution in [0.3, 0.4) is 0 Å². The zero-order chi connectivity index (χ0) is 34.2. The van der Waals surface area contributed by atoms with Gasteiger partial charge in [0.15, 0.2) is 17.2 Å². The van der Waals surface area contributed by atoms with Gasteiger partial charge >= 0.3 is 0 Å². The number of aromatic amines is 1. The summed E-state index contributed by atoms with van der Waals surface area (Å²) in [4.78, 5) is 6.24. The first kappa shape index (κ1) is 32.8. The average Bonchev–Trinajstić information content (AvgIpc) is 3.59. The number of hydrogen-bond donors (Lipinski definition) is 1. The average molecular weight is 690 g/mol. The number of nitrogens with two attached hydrogens (primary N) is 1. The fourth-order valence-electron chi connectivity index (χ4n) is 8.77. The van der Waals surface area contributed by atoms with Gasteiger partial charge in [0.1, 0.15) is 0 Å². The fraction of sp³-hybridized carbons (Fsp3) is 0.390. The largest absolute Gasteiger partial charge is 0.493 e. The van der Waals surface area contributed by atoms with E-state index in [-0.39, 0.29) is 6.04 Å². The number of anilines is 1. The molecule has 1 aliphatic heterocycles. The molecule has 3 unspecified atom stereocenters. The first-order valence-electron chi connectivity index (χ1n) is 18.0. The van der Waals surface area contributed by atoms with Crippen molar-refractivity contribution in [1.82, 2.24) is 19.9 Å². The molecule has 8 rings (SSSR count). The number of unbranched alkanes of at least 4 members (excludes halogenated alkanes) is 1. The van der Waals surface area contributed by atoms with E-state index in [1.54, 1.807) is 19.8 Å². The third kappa shape index (κ3) is 6.47. The van der Waals surface area contributed by atoms with Gasteiger partial charge in [-0.25, -0.2) is 4.98 Å². The van der Waals surface area contributed by atoms with Crippen LogP contribution >= 0.6 is 11.6 Å². The summed E-state index contributed by atoms with van der Waals surface area (Å²) < 4.78 is 13.4. The Labute approximate surface area is 299 Å². The van der Waals surface area contributed by atoms with Crippen LogP contribution < -0.4 is 20.2 Å². The van der Waals surface area contributed by atoms with Gasteiger partial charge in [-0.2, -0.15) is 0 Å². The van der Waals surface area contributed by atoms with Crippen LogP contribution in [-0.4, -0.2) is 47.2 Å². The van der Waals surface area contributed by atoms with Crippen LogP contribution in [-0.2, 0) is 25.8 Å². The number of aryl methyl sites for hydroxylation is 1. The van der Waals surface area contributed by atoms with Gasteiger partial charge in [0.2, 0.25) is 5.52 Å². The molecule has 3 heterocycles. The van der Waals surface area contributed by atoms with Gasteiger partial charge in [-0.15, -0.1) is 5.10 Å². The van der Waals surface area contributed by atoms with Gasteiger partial charge in [-0.05, 0) is 91.3 Å². The molecule has 9 heteroatoms. The smallest absolute Gasteiger partial charge is 0.214 e. The van der Waals surface area contributed by atoms with Crippen LogP contribution in [0.15, 0.2) is 78.5 Å². The van der Waals surface area contributed by atoms with Crippen molar-refractivity contribution < 1.29 is 14.5 Å². The molecule has 258 valence electrons. The molecule has 0 fully saturated rings. The van der Waals surface area contributed by atoms with E-state index in [4.69, 9.17) is 26.8 Å². The lowest BCUT2D eigenvalue weighted by Gasteiger charge is -2.38. The predicted octanol–water partition coefficient (Wildman–Crippen LogP) is 7.54. The highest BCUT2D eigenvalue weighted by Crippen LogP contribution is 2.47. The van der Waals surface area contributed by atoms with E-state index in [0.29, 0.717) is 11.8 Å². The lowest BCUT2D eigenvalue weighted by Crippen LogP contribution is -2.37. The highest BCUT2D eigenvalue weighted by Gasteiger charge is 2.36. The van der Waals surface area contributed by atoms with Gasteiger partial charge in [-0.1, -0.05) is 58.8 Å². The zero-order valence-electron chi connectivity index (χ0n) is 29.0. The molecule has 2 aliphatic carbocycles. The Kier molecular flexibility index (Phi) is 9.23. The van der Waals surface area contributed by atoms with Crippen molar-refractivity contribution in [3.8, 4) is 11.5 Å². The van der Waals surface area contributed by atoms with Crippen LogP contribution in [0.5, 0.6) is 11.5 Å². The summed E-state index contributed by atoms with van der Waals surface area (Å²) in [5.74, 6) is 2.61. The van der Waals surface area contributed by atoms with Gasteiger partial charge in [-0.3, -0.25) is 9.58 Å². The summed E-state index contributed by atoms with van der Waals surface area (Å²) in [6.07, 6.45) is 13.2. The summed E-state index contributed by atoms with van der Waals surface area (Å²) in [5.41, 5.74) is 17.9. The number of hydrogen-bond acceptors (Lipinski definition) is 6. The number of methoxy groups -OCH3 is 2. The van der Waals surface area contributed by atoms with Gasteiger partial charge in [0, 0.05) is 55.3 Å². The summed E-state index contributed by atoms with van der Waals surface area (Å²) in [6, 6.07) is 21.2. The summed E-state index contributed by atoms with van der Waals surface area (Å²) in [5, 5.41) is 10.9. The highest BCUT2D eigenvalue weighted by molar-refractivity contribution is 6.31. The Bertz CT molecular complexity index is 2040. The molecule has 5 aromatic rings. The molecule has 0 saturated heterocycles. The number of aromatic nitrogens is 4. The molecular formula is C41H46ClN6O2+. The maximum absolute atomic E-state index is 6.79. The number of ether oxygens (including phenoxy) is 2. The lowest BCUT2D eigenvalue weighted by molar-refractivity contribution is -0.360. The van der Waals surface area contributed by atoms with E-state index in [1.165, 1.54) is 34.4 Å². The summed E-state index contributed by atoms with van der Waals surface area (Å²) >= 11 is 6.28. The van der Waals surface area contributed by atoms with Crippen molar-refractivity contribution in [2.45, 2.75) is 69.9 Å². The minimum atomic E-state index is 0.143. The minimum Gasteiger partial charge on any atom is -0.493 e. The van der Waals surface area contributed by atoms with E-state index in [1.807, 2.05) is 16.8 Å². The first-order valence-corrected chi connectivity index (χ1v) is 18.4. The van der Waals surface area contributed by atoms with Crippen LogP contribution in [0.4, 0.5) is 5.69 Å². The van der Waals surface area contributed by atoms with Crippen molar-refractivity contribution in [2.75, 3.05) is 33.0 Å².